The first-order valence-corrected chi connectivity index (χ1v) is 17.5. The Bertz CT molecular complexity index is 1330. The average molecular weight is 697 g/mol. The molecule has 2 fully saturated rings. The summed E-state index contributed by atoms with van der Waals surface area (Å²) in [6.07, 6.45) is 0.590. The van der Waals surface area contributed by atoms with Gasteiger partial charge in [0.2, 0.25) is 5.91 Å². The van der Waals surface area contributed by atoms with Crippen molar-refractivity contribution in [1.29, 1.82) is 0 Å². The molecule has 0 bridgehead atoms. The number of carbonyl (C=O) groups is 3. The first-order valence-electron chi connectivity index (χ1n) is 15.6. The van der Waals surface area contributed by atoms with E-state index in [0.29, 0.717) is 23.7 Å². The average Bonchev–Trinajstić information content (AvgIpc) is 3.52. The van der Waals surface area contributed by atoms with Gasteiger partial charge in [-0.25, -0.2) is 9.86 Å². The summed E-state index contributed by atoms with van der Waals surface area (Å²) in [5, 5.41) is 32.2. The normalized spacial score (nSPS) is 25.4. The number of benzene rings is 1. The number of nitro benzene ring substituents is 1. The van der Waals surface area contributed by atoms with Crippen LogP contribution in [-0.4, -0.2) is 123 Å². The molecular formula is C31H44N4O10S2. The molecule has 2 amide bonds. The second-order valence-electron chi connectivity index (χ2n) is 11.9. The molecule has 47 heavy (non-hydrogen) atoms. The van der Waals surface area contributed by atoms with Gasteiger partial charge in [0.05, 0.1) is 50.0 Å². The van der Waals surface area contributed by atoms with Crippen molar-refractivity contribution >= 4 is 47.0 Å². The number of aliphatic hydroxyl groups is 1. The minimum atomic E-state index is -1.15. The maximum Gasteiger partial charge on any atom is 0.353 e. The SMILES string of the molecule is CCN(OC)C(=O)C(COC)SCC[C@H]1C[C@H](SC2=C(C(=O)O)N3C(=O)[C@H]([C@@H](C)O)[C@H]3[C@H]2C)CN1COCc1ccc([N+](=O)[O-])cc1. The quantitative estimate of drug-likeness (QED) is 0.131. The number of methoxy groups -OCH3 is 1. The third-order valence-corrected chi connectivity index (χ3v) is 11.6. The Kier molecular flexibility index (Phi) is 13.1. The molecule has 3 heterocycles. The standard InChI is InChI=1S/C31H44N4O10S2/c1-6-33(44-5)29(37)24(16-43-4)46-12-11-22-13-23(14-32(22)17-45-15-20-7-9-21(10-8-20)35(41)42)47-28-18(2)26-25(19(3)36)30(38)34(26)27(28)31(39)40/h7-10,18-19,22-26,36H,6,11-17H2,1-5H3,(H,39,40)/t18-,19-,22+,23+,24?,25-,26-/m1/s1. The number of thioether (sulfide) groups is 2. The monoisotopic (exact) mass is 696 g/mol. The lowest BCUT2D eigenvalue weighted by Crippen LogP contribution is -2.63. The summed E-state index contributed by atoms with van der Waals surface area (Å²) in [6, 6.07) is 5.89. The highest BCUT2D eigenvalue weighted by molar-refractivity contribution is 8.03. The Morgan fingerprint density at radius 3 is 2.51 bits per heavy atom. The third kappa shape index (κ3) is 8.29. The van der Waals surface area contributed by atoms with Crippen LogP contribution in [0.3, 0.4) is 0 Å². The Balaban J connectivity index is 1.45. The fraction of sp³-hybridized carbons (Fsp3) is 0.645. The Morgan fingerprint density at radius 1 is 1.23 bits per heavy atom. The van der Waals surface area contributed by atoms with Crippen molar-refractivity contribution in [2.75, 3.05) is 46.4 Å². The number of ether oxygens (including phenoxy) is 2. The second kappa shape index (κ2) is 16.6. The number of hydroxylamine groups is 2. The molecular weight excluding hydrogens is 652 g/mol. The van der Waals surface area contributed by atoms with E-state index in [2.05, 4.69) is 4.90 Å². The van der Waals surface area contributed by atoms with Gasteiger partial charge in [-0.15, -0.1) is 23.5 Å². The van der Waals surface area contributed by atoms with Gasteiger partial charge in [0.1, 0.15) is 10.9 Å². The van der Waals surface area contributed by atoms with Crippen molar-refractivity contribution in [3.63, 3.8) is 0 Å². The number of hydrogen-bond donors (Lipinski definition) is 2. The lowest BCUT2D eigenvalue weighted by atomic mass is 9.79. The molecule has 0 aromatic heterocycles. The number of aliphatic hydroxyl groups excluding tert-OH is 1. The zero-order valence-corrected chi connectivity index (χ0v) is 28.9. The molecule has 7 atom stereocenters. The number of carboxylic acid groups (broad SMARTS) is 1. The van der Waals surface area contributed by atoms with Crippen LogP contribution in [0, 0.1) is 22.0 Å². The maximum atomic E-state index is 13.0. The van der Waals surface area contributed by atoms with Gasteiger partial charge in [-0.2, -0.15) is 0 Å². The van der Waals surface area contributed by atoms with Crippen LogP contribution in [0.15, 0.2) is 34.9 Å². The van der Waals surface area contributed by atoms with E-state index in [1.54, 1.807) is 26.2 Å². The number of hydrogen-bond acceptors (Lipinski definition) is 12. The minimum absolute atomic E-state index is 0.00550. The van der Waals surface area contributed by atoms with Crippen LogP contribution >= 0.6 is 23.5 Å². The number of nitro groups is 1. The van der Waals surface area contributed by atoms with Crippen LogP contribution in [0.2, 0.25) is 0 Å². The predicted octanol–water partition coefficient (Wildman–Crippen LogP) is 2.95. The van der Waals surface area contributed by atoms with Crippen LogP contribution < -0.4 is 0 Å². The molecule has 4 rings (SSSR count). The first kappa shape index (κ1) is 37.1. The molecule has 1 aromatic carbocycles. The number of carboxylic acids is 1. The summed E-state index contributed by atoms with van der Waals surface area (Å²) in [5.41, 5.74) is 0.810. The molecule has 260 valence electrons. The lowest BCUT2D eigenvalue weighted by molar-refractivity contribution is -0.384. The summed E-state index contributed by atoms with van der Waals surface area (Å²) < 4.78 is 11.4. The highest BCUT2D eigenvalue weighted by atomic mass is 32.2. The zero-order chi connectivity index (χ0) is 34.4. The first-order chi connectivity index (χ1) is 22.4. The molecule has 3 aliphatic rings. The number of nitrogens with zero attached hydrogens (tertiary/aromatic N) is 4. The second-order valence-corrected chi connectivity index (χ2v) is 14.5. The number of likely N-dealkylation sites (tertiary alicyclic amines) is 1. The van der Waals surface area contributed by atoms with Crippen LogP contribution in [0.1, 0.15) is 39.2 Å². The van der Waals surface area contributed by atoms with Crippen LogP contribution in [0.25, 0.3) is 0 Å². The Morgan fingerprint density at radius 2 is 1.94 bits per heavy atom. The molecule has 2 N–H and O–H groups in total. The predicted molar refractivity (Wildman–Crippen MR) is 176 cm³/mol. The number of amides is 2. The molecule has 1 aromatic rings. The van der Waals surface area contributed by atoms with Crippen molar-refractivity contribution in [2.45, 2.75) is 68.9 Å². The van der Waals surface area contributed by atoms with E-state index in [-0.39, 0.29) is 66.4 Å². The van der Waals surface area contributed by atoms with Gasteiger partial charge in [0.25, 0.3) is 11.6 Å². The number of aliphatic carboxylic acids is 1. The Labute approximate surface area is 282 Å². The smallest absolute Gasteiger partial charge is 0.353 e. The molecule has 0 radical (unpaired) electrons. The number of non-ortho nitro benzene ring substituents is 1. The van der Waals surface area contributed by atoms with E-state index >= 15 is 0 Å². The van der Waals surface area contributed by atoms with E-state index in [0.717, 1.165) is 18.4 Å². The molecule has 14 nitrogen and oxygen atoms in total. The molecule has 0 saturated carbocycles. The van der Waals surface area contributed by atoms with Gasteiger partial charge in [-0.3, -0.25) is 29.4 Å². The highest BCUT2D eigenvalue weighted by Gasteiger charge is 2.60. The van der Waals surface area contributed by atoms with Gasteiger partial charge in [0, 0.05) is 54.4 Å². The summed E-state index contributed by atoms with van der Waals surface area (Å²) in [5.74, 6) is -1.88. The molecule has 1 unspecified atom stereocenters. The summed E-state index contributed by atoms with van der Waals surface area (Å²) in [7, 11) is 3.01. The summed E-state index contributed by atoms with van der Waals surface area (Å²) >= 11 is 2.98. The third-order valence-electron chi connectivity index (χ3n) is 8.88. The van der Waals surface area contributed by atoms with Gasteiger partial charge < -0.3 is 24.6 Å². The fourth-order valence-electron chi connectivity index (χ4n) is 6.56. The number of β-lactam (4-membered cyclic amide) rings is 1. The van der Waals surface area contributed by atoms with E-state index in [9.17, 15) is 34.7 Å². The van der Waals surface area contributed by atoms with Crippen molar-refractivity contribution in [1.82, 2.24) is 14.9 Å². The lowest BCUT2D eigenvalue weighted by Gasteiger charge is -2.46. The van der Waals surface area contributed by atoms with E-state index in [1.165, 1.54) is 52.7 Å². The molecule has 0 aliphatic carbocycles. The minimum Gasteiger partial charge on any atom is -0.477 e. The number of fused-ring (bicyclic) bond motifs is 1. The molecule has 0 spiro atoms. The van der Waals surface area contributed by atoms with Crippen LogP contribution in [-0.2, 0) is 35.3 Å². The fourth-order valence-corrected chi connectivity index (χ4v) is 9.34. The van der Waals surface area contributed by atoms with E-state index in [1.807, 2.05) is 13.8 Å². The zero-order valence-electron chi connectivity index (χ0n) is 27.3. The van der Waals surface area contributed by atoms with Crippen molar-refractivity contribution < 1.29 is 43.8 Å². The molecule has 2 saturated heterocycles. The Hall–Kier alpha value is -2.73. The van der Waals surface area contributed by atoms with Gasteiger partial charge >= 0.3 is 5.97 Å². The van der Waals surface area contributed by atoms with E-state index < -0.39 is 28.2 Å². The highest BCUT2D eigenvalue weighted by Crippen LogP contribution is 2.52. The molecule has 16 heteroatoms. The van der Waals surface area contributed by atoms with Gasteiger partial charge in [-0.05, 0) is 50.1 Å². The van der Waals surface area contributed by atoms with Crippen molar-refractivity contribution in [2.24, 2.45) is 11.8 Å². The maximum absolute atomic E-state index is 13.0. The van der Waals surface area contributed by atoms with Crippen molar-refractivity contribution in [3.8, 4) is 0 Å². The van der Waals surface area contributed by atoms with Gasteiger partial charge in [-0.1, -0.05) is 6.92 Å². The summed E-state index contributed by atoms with van der Waals surface area (Å²) in [6.45, 7) is 7.11. The van der Waals surface area contributed by atoms with E-state index in [4.69, 9.17) is 14.3 Å². The summed E-state index contributed by atoms with van der Waals surface area (Å²) in [4.78, 5) is 58.1. The van der Waals surface area contributed by atoms with Crippen LogP contribution in [0.4, 0.5) is 5.69 Å². The van der Waals surface area contributed by atoms with Crippen LogP contribution in [0.5, 0.6) is 0 Å². The topological polar surface area (TPSA) is 172 Å². The number of rotatable bonds is 18. The number of carbonyl (C=O) groups excluding carboxylic acids is 2. The van der Waals surface area contributed by atoms with Crippen molar-refractivity contribution in [3.05, 3.63) is 50.5 Å². The van der Waals surface area contributed by atoms with Gasteiger partial charge in [0.15, 0.2) is 0 Å². The largest absolute Gasteiger partial charge is 0.477 e. The molecule has 3 aliphatic heterocycles.